The summed E-state index contributed by atoms with van der Waals surface area (Å²) in [7, 11) is 0. The molecule has 0 bridgehead atoms. The Morgan fingerprint density at radius 2 is 1.33 bits per heavy atom. The van der Waals surface area contributed by atoms with E-state index in [2.05, 4.69) is 106 Å². The molecule has 0 N–H and O–H groups in total. The molecule has 0 radical (unpaired) electrons. The van der Waals surface area contributed by atoms with E-state index in [0.717, 1.165) is 45.4 Å². The monoisotopic (exact) mass is 632 g/mol. The molecule has 0 aliphatic rings. The first kappa shape index (κ1) is 44.6. The Kier molecular flexibility index (Phi) is 26.9. The summed E-state index contributed by atoms with van der Waals surface area (Å²) in [6.45, 7) is 30.0. The highest BCUT2D eigenvalue weighted by Crippen LogP contribution is 2.19. The maximum atomic E-state index is 4.31. The third kappa shape index (κ3) is 20.5. The summed E-state index contributed by atoms with van der Waals surface area (Å²) < 4.78 is 0. The van der Waals surface area contributed by atoms with Crippen molar-refractivity contribution < 1.29 is 0 Å². The average molecular weight is 633 g/mol. The number of benzene rings is 3. The highest BCUT2D eigenvalue weighted by molar-refractivity contribution is 5.67. The van der Waals surface area contributed by atoms with E-state index < -0.39 is 0 Å². The molecule has 0 spiro atoms. The van der Waals surface area contributed by atoms with Crippen LogP contribution in [-0.4, -0.2) is 0 Å². The molecule has 0 amide bonds. The Hall–Kier alpha value is -5.48. The second-order valence-electron chi connectivity index (χ2n) is 10.2. The highest BCUT2D eigenvalue weighted by Gasteiger charge is 2.02. The van der Waals surface area contributed by atoms with Crippen LogP contribution in [0.3, 0.4) is 0 Å². The smallest absolute Gasteiger partial charge is 0.0332 e. The van der Waals surface area contributed by atoms with Crippen LogP contribution in [0.2, 0.25) is 0 Å². The Labute approximate surface area is 295 Å². The number of hydrogen-bond donors (Lipinski definition) is 0. The first-order valence-corrected chi connectivity index (χ1v) is 16.4. The fourth-order valence-electron chi connectivity index (χ4n) is 3.71. The molecule has 48 heavy (non-hydrogen) atoms. The van der Waals surface area contributed by atoms with E-state index in [4.69, 9.17) is 0 Å². The third-order valence-corrected chi connectivity index (χ3v) is 5.99. The van der Waals surface area contributed by atoms with Crippen molar-refractivity contribution in [1.29, 1.82) is 0 Å². The second-order valence-corrected chi connectivity index (χ2v) is 10.2. The molecule has 3 aromatic rings. The van der Waals surface area contributed by atoms with Crippen molar-refractivity contribution in [2.24, 2.45) is 0 Å². The number of aryl methyl sites for hydroxylation is 1. The van der Waals surface area contributed by atoms with E-state index in [1.807, 2.05) is 122 Å². The molecule has 0 heterocycles. The summed E-state index contributed by atoms with van der Waals surface area (Å²) in [5.41, 5.74) is 10.9. The average Bonchev–Trinajstić information content (AvgIpc) is 3.11. The summed E-state index contributed by atoms with van der Waals surface area (Å²) in [5.74, 6) is 12.9. The molecule has 0 fully saturated rings. The van der Waals surface area contributed by atoms with Gasteiger partial charge in [-0.1, -0.05) is 167 Å². The number of allylic oxidation sites excluding steroid dienone is 11. The minimum atomic E-state index is 0.816. The van der Waals surface area contributed by atoms with Crippen LogP contribution in [0.25, 0.3) is 11.1 Å². The lowest BCUT2D eigenvalue weighted by Crippen LogP contribution is -1.90. The van der Waals surface area contributed by atoms with Crippen molar-refractivity contribution >= 4 is 11.1 Å². The van der Waals surface area contributed by atoms with Crippen molar-refractivity contribution in [3.8, 4) is 36.5 Å². The molecular weight excluding hydrogens is 577 g/mol. The van der Waals surface area contributed by atoms with E-state index in [1.54, 1.807) is 6.08 Å². The lowest BCUT2D eigenvalue weighted by atomic mass is 9.97. The van der Waals surface area contributed by atoms with Gasteiger partial charge >= 0.3 is 0 Å². The van der Waals surface area contributed by atoms with Gasteiger partial charge in [0.2, 0.25) is 0 Å². The molecule has 0 saturated carbocycles. The number of hydrogen-bond acceptors (Lipinski definition) is 0. The van der Waals surface area contributed by atoms with Gasteiger partial charge in [0.15, 0.2) is 0 Å². The van der Waals surface area contributed by atoms with Crippen LogP contribution in [0.4, 0.5) is 0 Å². The fourth-order valence-corrected chi connectivity index (χ4v) is 3.71. The van der Waals surface area contributed by atoms with Crippen LogP contribution < -0.4 is 0 Å². The predicted octanol–water partition coefficient (Wildman–Crippen LogP) is 13.2. The largest absolute Gasteiger partial charge is 0.124 e. The van der Waals surface area contributed by atoms with Crippen molar-refractivity contribution in [3.05, 3.63) is 180 Å². The summed E-state index contributed by atoms with van der Waals surface area (Å²) >= 11 is 0. The van der Waals surface area contributed by atoms with E-state index in [-0.39, 0.29) is 0 Å². The molecule has 3 rings (SSSR count). The molecule has 0 saturated heterocycles. The van der Waals surface area contributed by atoms with Gasteiger partial charge in [0, 0.05) is 22.8 Å². The maximum Gasteiger partial charge on any atom is 0.0332 e. The molecule has 248 valence electrons. The minimum Gasteiger partial charge on any atom is -0.124 e. The van der Waals surface area contributed by atoms with Crippen molar-refractivity contribution in [2.75, 3.05) is 0 Å². The van der Waals surface area contributed by atoms with Gasteiger partial charge in [-0.15, -0.1) is 12.8 Å². The Morgan fingerprint density at radius 1 is 0.771 bits per heavy atom. The fraction of sp³-hybridized carbons (Fsp3) is 0.208. The minimum absolute atomic E-state index is 0.816. The van der Waals surface area contributed by atoms with Crippen molar-refractivity contribution in [3.63, 3.8) is 0 Å². The zero-order valence-corrected chi connectivity index (χ0v) is 31.0. The van der Waals surface area contributed by atoms with Crippen LogP contribution in [-0.2, 0) is 6.42 Å². The molecule has 3 aromatic carbocycles. The standard InChI is InChI=1S/C36H32.C6H10.2C2H6.C2H2/c1-6-7-8-12-31(13-9-14-32-15-10-17-35(26-32)28(2)3)23-24-33-16-11-18-36(27-33)30(5)25-34-21-19-29(4)20-22-34;1-4-5-6(2)3;3*1-2/h6-8,10-13,15-22,26-27H,2,5,25H2,1,3-4H3;4-5H,1H2,2-3H3;2*1-2H3;1-2H/b7-6-,12-8-,31-13-;;;;. The maximum absolute atomic E-state index is 4.31. The van der Waals surface area contributed by atoms with Crippen LogP contribution in [0, 0.1) is 43.5 Å². The summed E-state index contributed by atoms with van der Waals surface area (Å²) in [4.78, 5) is 0. The zero-order chi connectivity index (χ0) is 36.7. The summed E-state index contributed by atoms with van der Waals surface area (Å²) in [6, 6.07) is 25.0. The molecule has 0 atom stereocenters. The summed E-state index contributed by atoms with van der Waals surface area (Å²) in [6.07, 6.45) is 22.4. The molecule has 0 unspecified atom stereocenters. The zero-order valence-electron chi connectivity index (χ0n) is 31.0. The van der Waals surface area contributed by atoms with E-state index >= 15 is 0 Å². The molecule has 0 aliphatic heterocycles. The second kappa shape index (κ2) is 29.0. The van der Waals surface area contributed by atoms with Gasteiger partial charge in [0.25, 0.3) is 0 Å². The van der Waals surface area contributed by atoms with Gasteiger partial charge in [0.1, 0.15) is 0 Å². The van der Waals surface area contributed by atoms with Gasteiger partial charge in [0.05, 0.1) is 0 Å². The SMILES string of the molecule is C#C.C=C(C)c1cccc(C#C/C=C(C#Cc2cccc(C(=C)Cc3ccc(C)cc3)c2)/C=C\C=C/C)c1.C=CC=C(C)C.CC.CC. The van der Waals surface area contributed by atoms with Gasteiger partial charge in [-0.25, -0.2) is 0 Å². The Morgan fingerprint density at radius 3 is 1.85 bits per heavy atom. The first-order chi connectivity index (χ1) is 23.2. The molecule has 0 nitrogen and oxygen atoms in total. The van der Waals surface area contributed by atoms with E-state index in [0.29, 0.717) is 0 Å². The van der Waals surface area contributed by atoms with Gasteiger partial charge < -0.3 is 0 Å². The van der Waals surface area contributed by atoms with Crippen molar-refractivity contribution in [1.82, 2.24) is 0 Å². The Balaban J connectivity index is 0. The summed E-state index contributed by atoms with van der Waals surface area (Å²) in [5, 5.41) is 0. The third-order valence-electron chi connectivity index (χ3n) is 5.99. The van der Waals surface area contributed by atoms with E-state index in [1.165, 1.54) is 16.7 Å². The van der Waals surface area contributed by atoms with Crippen molar-refractivity contribution in [2.45, 2.75) is 68.7 Å². The normalized spacial score (nSPS) is 9.44. The molecule has 0 aromatic heterocycles. The quantitative estimate of drug-likeness (QED) is 0.180. The highest BCUT2D eigenvalue weighted by atomic mass is 14.1. The molecular formula is C48H56. The first-order valence-electron chi connectivity index (χ1n) is 16.4. The molecule has 0 heteroatoms. The van der Waals surface area contributed by atoms with Gasteiger partial charge in [-0.3, -0.25) is 0 Å². The lowest BCUT2D eigenvalue weighted by Gasteiger charge is -2.07. The predicted molar refractivity (Wildman–Crippen MR) is 220 cm³/mol. The van der Waals surface area contributed by atoms with Crippen LogP contribution in [0.15, 0.2) is 146 Å². The van der Waals surface area contributed by atoms with Gasteiger partial charge in [-0.2, -0.15) is 0 Å². The van der Waals surface area contributed by atoms with E-state index in [9.17, 15) is 0 Å². The van der Waals surface area contributed by atoms with Gasteiger partial charge in [-0.05, 0) is 93.6 Å². The number of terminal acetylenes is 1. The number of rotatable bonds is 7. The van der Waals surface area contributed by atoms with Crippen LogP contribution in [0.5, 0.6) is 0 Å². The lowest BCUT2D eigenvalue weighted by molar-refractivity contribution is 1.27. The van der Waals surface area contributed by atoms with Crippen LogP contribution in [0.1, 0.15) is 88.8 Å². The Bertz CT molecular complexity index is 1660. The topological polar surface area (TPSA) is 0 Å². The van der Waals surface area contributed by atoms with Crippen LogP contribution >= 0.6 is 0 Å². The molecule has 0 aliphatic carbocycles.